The summed E-state index contributed by atoms with van der Waals surface area (Å²) in [5.41, 5.74) is 1.62. The van der Waals surface area contributed by atoms with Crippen LogP contribution in [-0.2, 0) is 11.3 Å². The average Bonchev–Trinajstić information content (AvgIpc) is 2.86. The maximum Gasteiger partial charge on any atom is 0.305 e. The Bertz CT molecular complexity index is 1540. The van der Waals surface area contributed by atoms with Gasteiger partial charge in [-0.2, -0.15) is 5.26 Å². The van der Waals surface area contributed by atoms with Crippen molar-refractivity contribution in [3.05, 3.63) is 94.0 Å². The van der Waals surface area contributed by atoms with Gasteiger partial charge < -0.3 is 20.1 Å². The summed E-state index contributed by atoms with van der Waals surface area (Å²) in [6, 6.07) is 19.3. The number of hydrogen-bond donors (Lipinski definition) is 3. The molecule has 0 fully saturated rings. The quantitative estimate of drug-likeness (QED) is 0.378. The first-order chi connectivity index (χ1) is 16.9. The molecule has 0 saturated carbocycles. The summed E-state index contributed by atoms with van der Waals surface area (Å²) in [6.07, 6.45) is 1.05. The molecule has 2 aromatic heterocycles. The maximum atomic E-state index is 13.6. The van der Waals surface area contributed by atoms with Gasteiger partial charge in [-0.25, -0.2) is 4.98 Å². The Kier molecular flexibility index (Phi) is 6.55. The van der Waals surface area contributed by atoms with Crippen LogP contribution in [0.3, 0.4) is 0 Å². The SMILES string of the molecule is N#Cc1cccc(-c2cc3c(O)c(C(=O)NCCC(=O)O)ncc3n(Cc3ccccc3)c2=O)c1. The number of nitriles is 1. The molecule has 0 aliphatic heterocycles. The Balaban J connectivity index is 1.90. The van der Waals surface area contributed by atoms with Crippen molar-refractivity contribution in [1.82, 2.24) is 14.9 Å². The fourth-order valence-corrected chi connectivity index (χ4v) is 3.74. The number of rotatable bonds is 7. The number of nitrogens with zero attached hydrogens (tertiary/aromatic N) is 3. The van der Waals surface area contributed by atoms with Crippen LogP contribution in [0.2, 0.25) is 0 Å². The Morgan fingerprint density at radius 1 is 1.09 bits per heavy atom. The molecule has 0 atom stereocenters. The fourth-order valence-electron chi connectivity index (χ4n) is 3.74. The number of benzene rings is 2. The summed E-state index contributed by atoms with van der Waals surface area (Å²) in [4.78, 5) is 40.9. The molecule has 0 saturated heterocycles. The molecule has 0 spiro atoms. The van der Waals surface area contributed by atoms with Crippen LogP contribution >= 0.6 is 0 Å². The number of carbonyl (C=O) groups excluding carboxylic acids is 1. The number of aromatic nitrogens is 2. The van der Waals surface area contributed by atoms with Gasteiger partial charge in [0.1, 0.15) is 0 Å². The molecule has 0 bridgehead atoms. The van der Waals surface area contributed by atoms with E-state index in [1.807, 2.05) is 36.4 Å². The highest BCUT2D eigenvalue weighted by Crippen LogP contribution is 2.30. The summed E-state index contributed by atoms with van der Waals surface area (Å²) < 4.78 is 1.46. The summed E-state index contributed by atoms with van der Waals surface area (Å²) in [6.45, 7) is 0.0558. The highest BCUT2D eigenvalue weighted by atomic mass is 16.4. The van der Waals surface area contributed by atoms with Gasteiger partial charge in [0, 0.05) is 17.5 Å². The number of carbonyl (C=O) groups is 2. The number of amides is 1. The molecular formula is C26H20N4O5. The molecule has 0 unspecified atom stereocenters. The molecule has 2 heterocycles. The Hall–Kier alpha value is -4.97. The van der Waals surface area contributed by atoms with Crippen molar-refractivity contribution in [1.29, 1.82) is 5.26 Å². The van der Waals surface area contributed by atoms with E-state index < -0.39 is 17.6 Å². The third kappa shape index (κ3) is 4.86. The molecule has 0 aliphatic carbocycles. The van der Waals surface area contributed by atoms with E-state index in [1.165, 1.54) is 16.8 Å². The monoisotopic (exact) mass is 468 g/mol. The van der Waals surface area contributed by atoms with E-state index in [1.54, 1.807) is 24.3 Å². The lowest BCUT2D eigenvalue weighted by Crippen LogP contribution is -2.27. The largest absolute Gasteiger partial charge is 0.505 e. The van der Waals surface area contributed by atoms with Crippen LogP contribution in [-0.4, -0.2) is 38.2 Å². The minimum Gasteiger partial charge on any atom is -0.505 e. The molecule has 1 amide bonds. The number of fused-ring (bicyclic) bond motifs is 1. The second-order valence-corrected chi connectivity index (χ2v) is 7.78. The van der Waals surface area contributed by atoms with E-state index in [0.29, 0.717) is 16.6 Å². The molecular weight excluding hydrogens is 448 g/mol. The van der Waals surface area contributed by atoms with E-state index >= 15 is 0 Å². The second-order valence-electron chi connectivity index (χ2n) is 7.78. The van der Waals surface area contributed by atoms with Gasteiger partial charge in [0.15, 0.2) is 11.4 Å². The number of carboxylic acid groups (broad SMARTS) is 1. The minimum absolute atomic E-state index is 0.132. The van der Waals surface area contributed by atoms with Crippen molar-refractivity contribution in [2.45, 2.75) is 13.0 Å². The van der Waals surface area contributed by atoms with Crippen LogP contribution in [0.25, 0.3) is 22.0 Å². The molecule has 174 valence electrons. The zero-order valence-electron chi connectivity index (χ0n) is 18.4. The fraction of sp³-hybridized carbons (Fsp3) is 0.115. The molecule has 0 radical (unpaired) electrons. The molecule has 3 N–H and O–H groups in total. The summed E-state index contributed by atoms with van der Waals surface area (Å²) >= 11 is 0. The number of aromatic hydroxyl groups is 1. The van der Waals surface area contributed by atoms with Crippen molar-refractivity contribution in [2.75, 3.05) is 6.54 Å². The van der Waals surface area contributed by atoms with E-state index in [9.17, 15) is 24.8 Å². The normalized spacial score (nSPS) is 10.6. The standard InChI is InChI=1S/C26H20N4O5/c27-13-17-7-4-8-18(11-17)19-12-20-21(30(26(19)35)15-16-5-2-1-3-6-16)14-29-23(24(20)33)25(34)28-10-9-22(31)32/h1-8,11-12,14,33H,9-10,15H2,(H,28,34)(H,31,32). The van der Waals surface area contributed by atoms with Gasteiger partial charge in [-0.3, -0.25) is 14.4 Å². The Morgan fingerprint density at radius 2 is 1.86 bits per heavy atom. The number of carboxylic acids is 1. The van der Waals surface area contributed by atoms with Crippen molar-refractivity contribution in [3.8, 4) is 22.9 Å². The Morgan fingerprint density at radius 3 is 2.57 bits per heavy atom. The van der Waals surface area contributed by atoms with Gasteiger partial charge in [-0.15, -0.1) is 0 Å². The third-order valence-corrected chi connectivity index (χ3v) is 5.45. The molecule has 9 nitrogen and oxygen atoms in total. The molecule has 2 aromatic carbocycles. The maximum absolute atomic E-state index is 13.6. The van der Waals surface area contributed by atoms with Crippen LogP contribution in [0, 0.1) is 11.3 Å². The highest BCUT2D eigenvalue weighted by Gasteiger charge is 2.20. The zero-order chi connectivity index (χ0) is 24.9. The van der Waals surface area contributed by atoms with E-state index in [2.05, 4.69) is 10.3 Å². The molecule has 4 aromatic rings. The van der Waals surface area contributed by atoms with Crippen molar-refractivity contribution < 1.29 is 19.8 Å². The van der Waals surface area contributed by atoms with Gasteiger partial charge in [-0.05, 0) is 29.3 Å². The lowest BCUT2D eigenvalue weighted by molar-refractivity contribution is -0.136. The van der Waals surface area contributed by atoms with E-state index in [0.717, 1.165) is 5.56 Å². The lowest BCUT2D eigenvalue weighted by atomic mass is 10.0. The number of nitrogens with one attached hydrogen (secondary N) is 1. The predicted molar refractivity (Wildman–Crippen MR) is 128 cm³/mol. The van der Waals surface area contributed by atoms with Gasteiger partial charge in [0.2, 0.25) is 0 Å². The second kappa shape index (κ2) is 9.89. The first kappa shape index (κ1) is 23.2. The summed E-state index contributed by atoms with van der Waals surface area (Å²) in [5, 5.41) is 31.7. The average molecular weight is 468 g/mol. The minimum atomic E-state index is -1.07. The smallest absolute Gasteiger partial charge is 0.305 e. The first-order valence-corrected chi connectivity index (χ1v) is 10.7. The van der Waals surface area contributed by atoms with Crippen molar-refractivity contribution in [2.24, 2.45) is 0 Å². The van der Waals surface area contributed by atoms with E-state index in [-0.39, 0.29) is 41.7 Å². The summed E-state index contributed by atoms with van der Waals surface area (Å²) in [7, 11) is 0. The molecule has 9 heteroatoms. The predicted octanol–water partition coefficient (Wildman–Crippen LogP) is 2.89. The number of pyridine rings is 2. The van der Waals surface area contributed by atoms with Crippen LogP contribution in [0.15, 0.2) is 71.7 Å². The van der Waals surface area contributed by atoms with Crippen LogP contribution in [0.1, 0.15) is 28.0 Å². The topological polar surface area (TPSA) is 145 Å². The Labute approximate surface area is 199 Å². The lowest BCUT2D eigenvalue weighted by Gasteiger charge is -2.15. The zero-order valence-corrected chi connectivity index (χ0v) is 18.4. The van der Waals surface area contributed by atoms with Crippen LogP contribution in [0.4, 0.5) is 0 Å². The molecule has 4 rings (SSSR count). The van der Waals surface area contributed by atoms with Crippen LogP contribution in [0.5, 0.6) is 5.75 Å². The van der Waals surface area contributed by atoms with Gasteiger partial charge >= 0.3 is 5.97 Å². The summed E-state index contributed by atoms with van der Waals surface area (Å²) in [5.74, 6) is -2.25. The van der Waals surface area contributed by atoms with Gasteiger partial charge in [-0.1, -0.05) is 42.5 Å². The van der Waals surface area contributed by atoms with Crippen molar-refractivity contribution >= 4 is 22.8 Å². The van der Waals surface area contributed by atoms with Crippen molar-refractivity contribution in [3.63, 3.8) is 0 Å². The highest BCUT2D eigenvalue weighted by molar-refractivity contribution is 6.01. The third-order valence-electron chi connectivity index (χ3n) is 5.45. The number of aliphatic carboxylic acids is 1. The molecule has 35 heavy (non-hydrogen) atoms. The van der Waals surface area contributed by atoms with E-state index in [4.69, 9.17) is 5.11 Å². The number of hydrogen-bond acceptors (Lipinski definition) is 6. The molecule has 0 aliphatic rings. The van der Waals surface area contributed by atoms with Gasteiger partial charge in [0.05, 0.1) is 36.3 Å². The van der Waals surface area contributed by atoms with Crippen LogP contribution < -0.4 is 10.9 Å². The van der Waals surface area contributed by atoms with Gasteiger partial charge in [0.25, 0.3) is 11.5 Å². The first-order valence-electron chi connectivity index (χ1n) is 10.7.